The number of rotatable bonds is 6. The highest BCUT2D eigenvalue weighted by Gasteiger charge is 2.18. The van der Waals surface area contributed by atoms with Gasteiger partial charge in [0.05, 0.1) is 4.92 Å². The predicted molar refractivity (Wildman–Crippen MR) is 80.9 cm³/mol. The average Bonchev–Trinajstić information content (AvgIpc) is 2.91. The van der Waals surface area contributed by atoms with Gasteiger partial charge >= 0.3 is 0 Å². The van der Waals surface area contributed by atoms with Gasteiger partial charge in [0.15, 0.2) is 0 Å². The minimum absolute atomic E-state index is 0.160. The lowest BCUT2D eigenvalue weighted by atomic mass is 10.1. The number of non-ortho nitro benzene ring substituents is 1. The number of nitro groups is 1. The molecule has 2 rings (SSSR count). The van der Waals surface area contributed by atoms with Gasteiger partial charge in [0.2, 0.25) is 0 Å². The molecule has 0 aliphatic heterocycles. The monoisotopic (exact) mass is 277 g/mol. The number of nitro benzene ring substituents is 1. The molecule has 0 bridgehead atoms. The smallest absolute Gasteiger partial charge is 0.269 e. The van der Waals surface area contributed by atoms with Crippen LogP contribution < -0.4 is 5.32 Å². The molecular formula is C15H23N3O2. The van der Waals surface area contributed by atoms with E-state index in [9.17, 15) is 10.1 Å². The number of nitrogens with zero attached hydrogens (tertiary/aromatic N) is 2. The van der Waals surface area contributed by atoms with E-state index in [1.807, 2.05) is 7.05 Å². The van der Waals surface area contributed by atoms with Gasteiger partial charge in [-0.2, -0.15) is 0 Å². The van der Waals surface area contributed by atoms with Gasteiger partial charge in [-0.25, -0.2) is 0 Å². The number of hydrogen-bond acceptors (Lipinski definition) is 4. The first-order valence-electron chi connectivity index (χ1n) is 7.23. The molecule has 0 aromatic heterocycles. The second kappa shape index (κ2) is 6.70. The van der Waals surface area contributed by atoms with Gasteiger partial charge < -0.3 is 10.2 Å². The molecule has 1 N–H and O–H groups in total. The number of benzene rings is 1. The van der Waals surface area contributed by atoms with E-state index in [1.165, 1.54) is 25.7 Å². The van der Waals surface area contributed by atoms with Crippen molar-refractivity contribution in [2.24, 2.45) is 5.92 Å². The molecule has 0 saturated heterocycles. The van der Waals surface area contributed by atoms with Crippen LogP contribution in [-0.4, -0.2) is 30.5 Å². The Bertz CT molecular complexity index is 470. The Morgan fingerprint density at radius 2 is 2.10 bits per heavy atom. The minimum atomic E-state index is -0.333. The van der Waals surface area contributed by atoms with E-state index in [1.54, 1.807) is 18.2 Å². The first kappa shape index (κ1) is 14.8. The van der Waals surface area contributed by atoms with Crippen LogP contribution in [0.1, 0.15) is 31.2 Å². The van der Waals surface area contributed by atoms with Crippen LogP contribution in [0.3, 0.4) is 0 Å². The van der Waals surface area contributed by atoms with Crippen molar-refractivity contribution in [3.8, 4) is 0 Å². The molecule has 0 heterocycles. The van der Waals surface area contributed by atoms with Crippen LogP contribution in [0.15, 0.2) is 18.2 Å². The summed E-state index contributed by atoms with van der Waals surface area (Å²) in [7, 11) is 3.94. The molecule has 1 fully saturated rings. The summed E-state index contributed by atoms with van der Waals surface area (Å²) in [6, 6.07) is 5.01. The van der Waals surface area contributed by atoms with Crippen molar-refractivity contribution >= 4 is 11.4 Å². The van der Waals surface area contributed by atoms with Crippen molar-refractivity contribution in [1.82, 2.24) is 4.90 Å². The average molecular weight is 277 g/mol. The van der Waals surface area contributed by atoms with E-state index in [0.29, 0.717) is 0 Å². The fourth-order valence-corrected chi connectivity index (χ4v) is 3.06. The van der Waals surface area contributed by atoms with Crippen molar-refractivity contribution in [2.45, 2.75) is 32.2 Å². The van der Waals surface area contributed by atoms with Crippen molar-refractivity contribution in [3.63, 3.8) is 0 Å². The molecular weight excluding hydrogens is 254 g/mol. The normalized spacial score (nSPS) is 15.8. The van der Waals surface area contributed by atoms with E-state index in [4.69, 9.17) is 0 Å². The lowest BCUT2D eigenvalue weighted by Crippen LogP contribution is -2.24. The molecule has 1 aromatic carbocycles. The van der Waals surface area contributed by atoms with Crippen molar-refractivity contribution in [1.29, 1.82) is 0 Å². The van der Waals surface area contributed by atoms with Crippen molar-refractivity contribution < 1.29 is 4.92 Å². The van der Waals surface area contributed by atoms with Crippen LogP contribution in [0.2, 0.25) is 0 Å². The maximum absolute atomic E-state index is 10.9. The second-order valence-electron chi connectivity index (χ2n) is 5.70. The number of anilines is 1. The van der Waals surface area contributed by atoms with Gasteiger partial charge in [0.1, 0.15) is 0 Å². The van der Waals surface area contributed by atoms with E-state index in [2.05, 4.69) is 17.3 Å². The number of hydrogen-bond donors (Lipinski definition) is 1. The summed E-state index contributed by atoms with van der Waals surface area (Å²) < 4.78 is 0. The third-order valence-electron chi connectivity index (χ3n) is 4.05. The lowest BCUT2D eigenvalue weighted by molar-refractivity contribution is -0.384. The van der Waals surface area contributed by atoms with Gasteiger partial charge in [-0.05, 0) is 37.4 Å². The maximum atomic E-state index is 10.9. The van der Waals surface area contributed by atoms with Crippen LogP contribution in [0.25, 0.3) is 0 Å². The Balaban J connectivity index is 2.05. The summed E-state index contributed by atoms with van der Waals surface area (Å²) >= 11 is 0. The molecule has 0 spiro atoms. The molecule has 1 saturated carbocycles. The van der Waals surface area contributed by atoms with E-state index in [-0.39, 0.29) is 10.6 Å². The van der Waals surface area contributed by atoms with Crippen molar-refractivity contribution in [2.75, 3.05) is 26.0 Å². The SMILES string of the molecule is CNc1ccc([N+](=O)[O-])cc1CN(C)CC1CCCC1. The van der Waals surface area contributed by atoms with Crippen LogP contribution in [0, 0.1) is 16.0 Å². The van der Waals surface area contributed by atoms with Crippen LogP contribution in [0.4, 0.5) is 11.4 Å². The topological polar surface area (TPSA) is 58.4 Å². The molecule has 20 heavy (non-hydrogen) atoms. The zero-order valence-corrected chi connectivity index (χ0v) is 12.3. The Morgan fingerprint density at radius 1 is 1.40 bits per heavy atom. The van der Waals surface area contributed by atoms with Gasteiger partial charge in [-0.1, -0.05) is 12.8 Å². The fraction of sp³-hybridized carbons (Fsp3) is 0.600. The molecule has 0 unspecified atom stereocenters. The van der Waals surface area contributed by atoms with Gasteiger partial charge in [0.25, 0.3) is 5.69 Å². The molecule has 0 atom stereocenters. The van der Waals surface area contributed by atoms with Crippen LogP contribution in [-0.2, 0) is 6.54 Å². The highest BCUT2D eigenvalue weighted by Crippen LogP contribution is 2.27. The third kappa shape index (κ3) is 3.70. The second-order valence-corrected chi connectivity index (χ2v) is 5.70. The van der Waals surface area contributed by atoms with E-state index < -0.39 is 0 Å². The molecule has 5 heteroatoms. The summed E-state index contributed by atoms with van der Waals surface area (Å²) in [5.41, 5.74) is 2.12. The largest absolute Gasteiger partial charge is 0.388 e. The zero-order chi connectivity index (χ0) is 14.5. The lowest BCUT2D eigenvalue weighted by Gasteiger charge is -2.22. The quantitative estimate of drug-likeness (QED) is 0.640. The predicted octanol–water partition coefficient (Wildman–Crippen LogP) is 3.26. The van der Waals surface area contributed by atoms with Crippen molar-refractivity contribution in [3.05, 3.63) is 33.9 Å². The minimum Gasteiger partial charge on any atom is -0.388 e. The fourth-order valence-electron chi connectivity index (χ4n) is 3.06. The van der Waals surface area contributed by atoms with Crippen LogP contribution >= 0.6 is 0 Å². The maximum Gasteiger partial charge on any atom is 0.269 e. The van der Waals surface area contributed by atoms with Gasteiger partial charge in [0, 0.05) is 38.0 Å². The van der Waals surface area contributed by atoms with Crippen LogP contribution in [0.5, 0.6) is 0 Å². The first-order chi connectivity index (χ1) is 9.60. The zero-order valence-electron chi connectivity index (χ0n) is 12.3. The molecule has 5 nitrogen and oxygen atoms in total. The Kier molecular flexibility index (Phi) is 4.95. The Morgan fingerprint density at radius 3 is 2.70 bits per heavy atom. The van der Waals surface area contributed by atoms with E-state index in [0.717, 1.165) is 30.3 Å². The third-order valence-corrected chi connectivity index (χ3v) is 4.05. The summed E-state index contributed by atoms with van der Waals surface area (Å²) in [6.07, 6.45) is 5.32. The summed E-state index contributed by atoms with van der Waals surface area (Å²) in [5, 5.41) is 14.0. The standard InChI is InChI=1S/C15H23N3O2/c1-16-15-8-7-14(18(19)20)9-13(15)11-17(2)10-12-5-3-4-6-12/h7-9,12,16H,3-6,10-11H2,1-2H3. The highest BCUT2D eigenvalue weighted by atomic mass is 16.6. The first-order valence-corrected chi connectivity index (χ1v) is 7.23. The summed E-state index contributed by atoms with van der Waals surface area (Å²) in [4.78, 5) is 12.8. The number of nitrogens with one attached hydrogen (secondary N) is 1. The molecule has 110 valence electrons. The summed E-state index contributed by atoms with van der Waals surface area (Å²) in [6.45, 7) is 1.82. The highest BCUT2D eigenvalue weighted by molar-refractivity contribution is 5.55. The molecule has 1 aliphatic rings. The van der Waals surface area contributed by atoms with Gasteiger partial charge in [-0.15, -0.1) is 0 Å². The molecule has 0 radical (unpaired) electrons. The van der Waals surface area contributed by atoms with Gasteiger partial charge in [-0.3, -0.25) is 10.1 Å². The Hall–Kier alpha value is -1.62. The Labute approximate surface area is 120 Å². The molecule has 1 aromatic rings. The molecule has 0 amide bonds. The summed E-state index contributed by atoms with van der Waals surface area (Å²) in [5.74, 6) is 0.789. The van der Waals surface area contributed by atoms with E-state index >= 15 is 0 Å². The molecule has 1 aliphatic carbocycles.